The summed E-state index contributed by atoms with van der Waals surface area (Å²) in [7, 11) is 0. The van der Waals surface area contributed by atoms with Crippen molar-refractivity contribution in [2.75, 3.05) is 0 Å². The van der Waals surface area contributed by atoms with Crippen molar-refractivity contribution in [1.82, 2.24) is 0 Å². The molecule has 0 aliphatic rings. The second kappa shape index (κ2) is 2.99. The fraction of sp³-hybridized carbons (Fsp3) is 0.143. The van der Waals surface area contributed by atoms with Crippen molar-refractivity contribution in [3.63, 3.8) is 0 Å². The van der Waals surface area contributed by atoms with Gasteiger partial charge >= 0.3 is 0 Å². The highest BCUT2D eigenvalue weighted by molar-refractivity contribution is 9.10. The third kappa shape index (κ3) is 1.80. The van der Waals surface area contributed by atoms with Crippen LogP contribution in [0.2, 0.25) is 0 Å². The van der Waals surface area contributed by atoms with Gasteiger partial charge < -0.3 is 5.11 Å². The van der Waals surface area contributed by atoms with Gasteiger partial charge in [0.05, 0.1) is 6.61 Å². The van der Waals surface area contributed by atoms with Crippen LogP contribution in [0.3, 0.4) is 0 Å². The van der Waals surface area contributed by atoms with Gasteiger partial charge in [0.25, 0.3) is 0 Å². The van der Waals surface area contributed by atoms with Crippen molar-refractivity contribution in [3.8, 4) is 0 Å². The molecule has 0 amide bonds. The second-order valence-corrected chi connectivity index (χ2v) is 2.61. The predicted octanol–water partition coefficient (Wildman–Crippen LogP) is 1.74. The van der Waals surface area contributed by atoms with Crippen molar-refractivity contribution >= 4 is 15.9 Å². The number of benzene rings is 1. The van der Waals surface area contributed by atoms with Gasteiger partial charge in [-0.3, -0.25) is 0 Å². The van der Waals surface area contributed by atoms with Gasteiger partial charge in [0, 0.05) is 4.47 Å². The number of hydrogen-bond donors (Lipinski definition) is 1. The predicted molar refractivity (Wildman–Crippen MR) is 38.9 cm³/mol. The molecule has 0 bridgehead atoms. The van der Waals surface area contributed by atoms with Gasteiger partial charge in [0.15, 0.2) is 0 Å². The Morgan fingerprint density at radius 3 is 2.89 bits per heavy atom. The summed E-state index contributed by atoms with van der Waals surface area (Å²) >= 11 is 3.27. The first-order valence-electron chi connectivity index (χ1n) is 2.60. The van der Waals surface area contributed by atoms with Crippen LogP contribution in [0.15, 0.2) is 22.7 Å². The van der Waals surface area contributed by atoms with Crippen LogP contribution in [0.1, 0.15) is 5.56 Å². The van der Waals surface area contributed by atoms with E-state index in [0.29, 0.717) is 0 Å². The van der Waals surface area contributed by atoms with Crippen LogP contribution in [-0.4, -0.2) is 5.11 Å². The molecule has 0 unspecified atom stereocenters. The molecule has 2 heteroatoms. The molecule has 0 spiro atoms. The van der Waals surface area contributed by atoms with Crippen molar-refractivity contribution in [2.45, 2.75) is 6.61 Å². The van der Waals surface area contributed by atoms with E-state index < -0.39 is 0 Å². The Bertz CT molecular complexity index is 198. The molecule has 0 saturated carbocycles. The van der Waals surface area contributed by atoms with Gasteiger partial charge in [-0.15, -0.1) is 0 Å². The minimum atomic E-state index is 0.0550. The number of hydrogen-bond acceptors (Lipinski definition) is 1. The summed E-state index contributed by atoms with van der Waals surface area (Å²) in [6, 6.07) is 8.36. The lowest BCUT2D eigenvalue weighted by molar-refractivity contribution is 0.281. The minimum Gasteiger partial charge on any atom is -0.392 e. The van der Waals surface area contributed by atoms with Crippen LogP contribution in [0.5, 0.6) is 0 Å². The van der Waals surface area contributed by atoms with Gasteiger partial charge in [-0.1, -0.05) is 22.0 Å². The van der Waals surface area contributed by atoms with Crippen molar-refractivity contribution in [1.29, 1.82) is 0 Å². The van der Waals surface area contributed by atoms with Crippen molar-refractivity contribution < 1.29 is 5.11 Å². The van der Waals surface area contributed by atoms with Gasteiger partial charge in [-0.25, -0.2) is 0 Å². The lowest BCUT2D eigenvalue weighted by Crippen LogP contribution is -1.80. The summed E-state index contributed by atoms with van der Waals surface area (Å²) in [6.07, 6.45) is 0. The van der Waals surface area contributed by atoms with E-state index in [-0.39, 0.29) is 6.61 Å². The fourth-order valence-corrected chi connectivity index (χ4v) is 0.984. The SMILES string of the molecule is OCc1[c]ccc(Br)c1. The topological polar surface area (TPSA) is 20.2 Å². The van der Waals surface area contributed by atoms with E-state index in [1.54, 1.807) is 6.07 Å². The van der Waals surface area contributed by atoms with Gasteiger partial charge in [0.2, 0.25) is 0 Å². The van der Waals surface area contributed by atoms with Crippen LogP contribution in [0.25, 0.3) is 0 Å². The number of rotatable bonds is 1. The molecule has 0 aliphatic carbocycles. The Balaban J connectivity index is 2.94. The first kappa shape index (κ1) is 6.78. The van der Waals surface area contributed by atoms with Crippen LogP contribution in [0.4, 0.5) is 0 Å². The molecule has 1 aromatic carbocycles. The Hall–Kier alpha value is -0.340. The van der Waals surface area contributed by atoms with E-state index in [0.717, 1.165) is 10.0 Å². The van der Waals surface area contributed by atoms with Gasteiger partial charge in [-0.2, -0.15) is 0 Å². The molecule has 9 heavy (non-hydrogen) atoms. The monoisotopic (exact) mass is 185 g/mol. The number of halogens is 1. The molecule has 1 rings (SSSR count). The first-order valence-corrected chi connectivity index (χ1v) is 3.39. The summed E-state index contributed by atoms with van der Waals surface area (Å²) in [6.45, 7) is 0.0550. The zero-order chi connectivity index (χ0) is 6.69. The average Bonchev–Trinajstić information content (AvgIpc) is 1.88. The standard InChI is InChI=1S/C7H6BrO/c8-7-3-1-2-6(4-7)5-9/h1,3-4,9H,5H2. The van der Waals surface area contributed by atoms with E-state index in [9.17, 15) is 0 Å². The van der Waals surface area contributed by atoms with E-state index in [1.165, 1.54) is 0 Å². The lowest BCUT2D eigenvalue weighted by atomic mass is 10.2. The largest absolute Gasteiger partial charge is 0.392 e. The Morgan fingerprint density at radius 2 is 2.44 bits per heavy atom. The Morgan fingerprint density at radius 1 is 1.67 bits per heavy atom. The average molecular weight is 186 g/mol. The molecule has 0 saturated heterocycles. The lowest BCUT2D eigenvalue weighted by Gasteiger charge is -1.92. The molecule has 0 heterocycles. The zero-order valence-electron chi connectivity index (χ0n) is 4.76. The summed E-state index contributed by atoms with van der Waals surface area (Å²) < 4.78 is 0.977. The van der Waals surface area contributed by atoms with E-state index >= 15 is 0 Å². The highest BCUT2D eigenvalue weighted by atomic mass is 79.9. The van der Waals surface area contributed by atoms with Gasteiger partial charge in [-0.05, 0) is 23.8 Å². The quantitative estimate of drug-likeness (QED) is 0.708. The second-order valence-electron chi connectivity index (χ2n) is 1.69. The van der Waals surface area contributed by atoms with Crippen molar-refractivity contribution in [2.24, 2.45) is 0 Å². The Kier molecular flexibility index (Phi) is 2.25. The van der Waals surface area contributed by atoms with Crippen LogP contribution in [0, 0.1) is 6.07 Å². The third-order valence-electron chi connectivity index (χ3n) is 0.994. The van der Waals surface area contributed by atoms with Crippen LogP contribution in [-0.2, 0) is 6.61 Å². The molecular weight excluding hydrogens is 180 g/mol. The molecule has 47 valence electrons. The number of aliphatic hydroxyl groups excluding tert-OH is 1. The molecule has 0 aliphatic heterocycles. The molecule has 0 aromatic heterocycles. The molecule has 1 radical (unpaired) electrons. The fourth-order valence-electron chi connectivity index (χ4n) is 0.576. The maximum atomic E-state index is 8.61. The molecular formula is C7H6BrO. The smallest absolute Gasteiger partial charge is 0.0688 e. The molecule has 0 atom stereocenters. The van der Waals surface area contributed by atoms with E-state index in [2.05, 4.69) is 22.0 Å². The molecule has 1 N–H and O–H groups in total. The molecule has 1 nitrogen and oxygen atoms in total. The Labute approximate surface area is 62.5 Å². The normalized spacial score (nSPS) is 9.56. The molecule has 1 aromatic rings. The highest BCUT2D eigenvalue weighted by Gasteiger charge is 1.88. The highest BCUT2D eigenvalue weighted by Crippen LogP contribution is 2.10. The van der Waals surface area contributed by atoms with Gasteiger partial charge in [0.1, 0.15) is 0 Å². The maximum Gasteiger partial charge on any atom is 0.0688 e. The maximum absolute atomic E-state index is 8.61. The zero-order valence-corrected chi connectivity index (χ0v) is 6.35. The van der Waals surface area contributed by atoms with Crippen molar-refractivity contribution in [3.05, 3.63) is 34.3 Å². The summed E-state index contributed by atoms with van der Waals surface area (Å²) in [5.41, 5.74) is 0.810. The van der Waals surface area contributed by atoms with Crippen LogP contribution >= 0.6 is 15.9 Å². The number of aliphatic hydroxyl groups is 1. The van der Waals surface area contributed by atoms with Crippen LogP contribution < -0.4 is 0 Å². The summed E-state index contributed by atoms with van der Waals surface area (Å²) in [5.74, 6) is 0. The summed E-state index contributed by atoms with van der Waals surface area (Å²) in [5, 5.41) is 8.61. The summed E-state index contributed by atoms with van der Waals surface area (Å²) in [4.78, 5) is 0. The van der Waals surface area contributed by atoms with E-state index in [1.807, 2.05) is 12.1 Å². The first-order chi connectivity index (χ1) is 4.33. The molecule has 0 fully saturated rings. The third-order valence-corrected chi connectivity index (χ3v) is 1.49. The van der Waals surface area contributed by atoms with E-state index in [4.69, 9.17) is 5.11 Å². The minimum absolute atomic E-state index is 0.0550.